The number of piperidine rings is 1. The van der Waals surface area contributed by atoms with E-state index in [1.54, 1.807) is 24.4 Å². The summed E-state index contributed by atoms with van der Waals surface area (Å²) in [7, 11) is 0. The molecule has 3 rings (SSSR count). The third-order valence-electron chi connectivity index (χ3n) is 4.42. The lowest BCUT2D eigenvalue weighted by atomic mass is 9.91. The number of hydrogen-bond donors (Lipinski definition) is 0. The van der Waals surface area contributed by atoms with Crippen molar-refractivity contribution < 1.29 is 9.18 Å². The van der Waals surface area contributed by atoms with Gasteiger partial charge in [0.05, 0.1) is 6.42 Å². The lowest BCUT2D eigenvalue weighted by Crippen LogP contribution is -2.41. The SMILES string of the molecule is O=C(Cc1ccccc1F)N1CCC[C@@H](Cc2cccnc2)C1. The van der Waals surface area contributed by atoms with Crippen LogP contribution < -0.4 is 0 Å². The van der Waals surface area contributed by atoms with E-state index >= 15 is 0 Å². The first kappa shape index (κ1) is 15.7. The molecule has 1 amide bonds. The number of benzene rings is 1. The van der Waals surface area contributed by atoms with Crippen LogP contribution in [-0.4, -0.2) is 28.9 Å². The quantitative estimate of drug-likeness (QED) is 0.868. The summed E-state index contributed by atoms with van der Waals surface area (Å²) in [5.41, 5.74) is 1.69. The second kappa shape index (κ2) is 7.36. The molecule has 0 unspecified atom stereocenters. The largest absolute Gasteiger partial charge is 0.342 e. The molecule has 0 aliphatic carbocycles. The summed E-state index contributed by atoms with van der Waals surface area (Å²) in [4.78, 5) is 18.5. The molecule has 120 valence electrons. The van der Waals surface area contributed by atoms with Crippen LogP contribution >= 0.6 is 0 Å². The van der Waals surface area contributed by atoms with E-state index in [-0.39, 0.29) is 18.1 Å². The number of aromatic nitrogens is 1. The van der Waals surface area contributed by atoms with Crippen molar-refractivity contribution in [3.05, 3.63) is 65.7 Å². The minimum Gasteiger partial charge on any atom is -0.342 e. The van der Waals surface area contributed by atoms with Gasteiger partial charge < -0.3 is 4.90 Å². The van der Waals surface area contributed by atoms with E-state index in [0.717, 1.165) is 32.4 Å². The number of carbonyl (C=O) groups excluding carboxylic acids is 1. The van der Waals surface area contributed by atoms with Gasteiger partial charge in [0.1, 0.15) is 5.82 Å². The fourth-order valence-electron chi connectivity index (χ4n) is 3.23. The molecular formula is C19H21FN2O. The van der Waals surface area contributed by atoms with Gasteiger partial charge >= 0.3 is 0 Å². The van der Waals surface area contributed by atoms with Gasteiger partial charge in [-0.25, -0.2) is 4.39 Å². The third-order valence-corrected chi connectivity index (χ3v) is 4.42. The Hall–Kier alpha value is -2.23. The van der Waals surface area contributed by atoms with Crippen LogP contribution in [0.1, 0.15) is 24.0 Å². The zero-order valence-electron chi connectivity index (χ0n) is 13.1. The van der Waals surface area contributed by atoms with Gasteiger partial charge in [-0.1, -0.05) is 24.3 Å². The molecule has 2 heterocycles. The predicted octanol–water partition coefficient (Wildman–Crippen LogP) is 3.24. The Balaban J connectivity index is 1.59. The average Bonchev–Trinajstić information content (AvgIpc) is 2.58. The molecule has 0 N–H and O–H groups in total. The second-order valence-corrected chi connectivity index (χ2v) is 6.18. The van der Waals surface area contributed by atoms with Crippen LogP contribution in [0, 0.1) is 11.7 Å². The highest BCUT2D eigenvalue weighted by Gasteiger charge is 2.24. The van der Waals surface area contributed by atoms with Gasteiger partial charge in [0, 0.05) is 25.5 Å². The highest BCUT2D eigenvalue weighted by Crippen LogP contribution is 2.21. The normalized spacial score (nSPS) is 18.0. The van der Waals surface area contributed by atoms with Crippen LogP contribution in [0.5, 0.6) is 0 Å². The van der Waals surface area contributed by atoms with Gasteiger partial charge in [-0.3, -0.25) is 9.78 Å². The summed E-state index contributed by atoms with van der Waals surface area (Å²) in [5.74, 6) is 0.174. The summed E-state index contributed by atoms with van der Waals surface area (Å²) in [6.45, 7) is 1.53. The van der Waals surface area contributed by atoms with E-state index in [9.17, 15) is 9.18 Å². The minimum absolute atomic E-state index is 0.0194. The van der Waals surface area contributed by atoms with Gasteiger partial charge in [-0.05, 0) is 48.4 Å². The summed E-state index contributed by atoms with van der Waals surface area (Å²) < 4.78 is 13.7. The van der Waals surface area contributed by atoms with Crippen molar-refractivity contribution in [3.63, 3.8) is 0 Å². The number of halogens is 1. The van der Waals surface area contributed by atoms with Crippen LogP contribution in [0.25, 0.3) is 0 Å². The molecule has 1 aliphatic rings. The van der Waals surface area contributed by atoms with Gasteiger partial charge in [0.2, 0.25) is 5.91 Å². The highest BCUT2D eigenvalue weighted by atomic mass is 19.1. The van der Waals surface area contributed by atoms with E-state index < -0.39 is 0 Å². The van der Waals surface area contributed by atoms with Crippen molar-refractivity contribution in [2.45, 2.75) is 25.7 Å². The molecular weight excluding hydrogens is 291 g/mol. The fourth-order valence-corrected chi connectivity index (χ4v) is 3.23. The van der Waals surface area contributed by atoms with Crippen LogP contribution in [-0.2, 0) is 17.6 Å². The summed E-state index contributed by atoms with van der Waals surface area (Å²) in [6.07, 6.45) is 6.88. The minimum atomic E-state index is -0.301. The van der Waals surface area contributed by atoms with Crippen molar-refractivity contribution in [1.29, 1.82) is 0 Å². The van der Waals surface area contributed by atoms with E-state index in [1.165, 1.54) is 11.6 Å². The number of carbonyl (C=O) groups is 1. The number of likely N-dealkylation sites (tertiary alicyclic amines) is 1. The number of nitrogens with zero attached hydrogens (tertiary/aromatic N) is 2. The van der Waals surface area contributed by atoms with E-state index in [2.05, 4.69) is 11.1 Å². The van der Waals surface area contributed by atoms with Crippen molar-refractivity contribution in [2.75, 3.05) is 13.1 Å². The molecule has 2 aromatic rings. The number of amides is 1. The topological polar surface area (TPSA) is 33.2 Å². The van der Waals surface area contributed by atoms with Gasteiger partial charge in [0.15, 0.2) is 0 Å². The summed E-state index contributed by atoms with van der Waals surface area (Å²) in [6, 6.07) is 10.5. The Morgan fingerprint density at radius 1 is 1.26 bits per heavy atom. The van der Waals surface area contributed by atoms with Gasteiger partial charge in [0.25, 0.3) is 0 Å². The lowest BCUT2D eigenvalue weighted by molar-refractivity contribution is -0.132. The maximum atomic E-state index is 13.7. The summed E-state index contributed by atoms with van der Waals surface area (Å²) >= 11 is 0. The molecule has 1 atom stereocenters. The maximum Gasteiger partial charge on any atom is 0.227 e. The molecule has 1 fully saturated rings. The zero-order chi connectivity index (χ0) is 16.1. The smallest absolute Gasteiger partial charge is 0.227 e. The molecule has 3 nitrogen and oxygen atoms in total. The molecule has 1 aromatic carbocycles. The Morgan fingerprint density at radius 2 is 2.13 bits per heavy atom. The second-order valence-electron chi connectivity index (χ2n) is 6.18. The molecule has 0 spiro atoms. The third kappa shape index (κ3) is 4.15. The van der Waals surface area contributed by atoms with E-state index in [0.29, 0.717) is 11.5 Å². The predicted molar refractivity (Wildman–Crippen MR) is 87.3 cm³/mol. The molecule has 0 saturated carbocycles. The molecule has 23 heavy (non-hydrogen) atoms. The first-order chi connectivity index (χ1) is 11.2. The van der Waals surface area contributed by atoms with Crippen molar-refractivity contribution in [3.8, 4) is 0 Å². The molecule has 0 bridgehead atoms. The van der Waals surface area contributed by atoms with E-state index in [4.69, 9.17) is 0 Å². The van der Waals surface area contributed by atoms with Gasteiger partial charge in [-0.15, -0.1) is 0 Å². The molecule has 1 aliphatic heterocycles. The molecule has 0 radical (unpaired) electrons. The van der Waals surface area contributed by atoms with Crippen LogP contribution in [0.15, 0.2) is 48.8 Å². The Bertz CT molecular complexity index is 659. The number of rotatable bonds is 4. The monoisotopic (exact) mass is 312 g/mol. The first-order valence-electron chi connectivity index (χ1n) is 8.12. The summed E-state index contributed by atoms with van der Waals surface area (Å²) in [5, 5.41) is 0. The van der Waals surface area contributed by atoms with Crippen LogP contribution in [0.2, 0.25) is 0 Å². The van der Waals surface area contributed by atoms with Crippen molar-refractivity contribution in [1.82, 2.24) is 9.88 Å². The number of pyridine rings is 1. The Labute approximate surface area is 136 Å². The first-order valence-corrected chi connectivity index (χ1v) is 8.12. The standard InChI is InChI=1S/C19H21FN2O/c20-18-8-2-1-7-17(18)12-19(23)22-10-4-6-16(14-22)11-15-5-3-9-21-13-15/h1-3,5,7-9,13,16H,4,6,10-12,14H2/t16-/m0/s1. The molecule has 4 heteroatoms. The van der Waals surface area contributed by atoms with E-state index in [1.807, 2.05) is 17.2 Å². The van der Waals surface area contributed by atoms with Crippen molar-refractivity contribution in [2.24, 2.45) is 5.92 Å². The van der Waals surface area contributed by atoms with Crippen molar-refractivity contribution >= 4 is 5.91 Å². The zero-order valence-corrected chi connectivity index (χ0v) is 13.1. The molecule has 1 aromatic heterocycles. The Morgan fingerprint density at radius 3 is 2.91 bits per heavy atom. The Kier molecular flexibility index (Phi) is 5.01. The maximum absolute atomic E-state index is 13.7. The highest BCUT2D eigenvalue weighted by molar-refractivity contribution is 5.78. The van der Waals surface area contributed by atoms with Crippen LogP contribution in [0.4, 0.5) is 4.39 Å². The molecule has 1 saturated heterocycles. The fraction of sp³-hybridized carbons (Fsp3) is 0.368. The lowest BCUT2D eigenvalue weighted by Gasteiger charge is -2.33. The number of hydrogen-bond acceptors (Lipinski definition) is 2. The average molecular weight is 312 g/mol. The van der Waals surface area contributed by atoms with Gasteiger partial charge in [-0.2, -0.15) is 0 Å². The van der Waals surface area contributed by atoms with Crippen LogP contribution in [0.3, 0.4) is 0 Å².